The maximum atomic E-state index is 12.5. The van der Waals surface area contributed by atoms with Crippen LogP contribution < -0.4 is 5.73 Å². The minimum Gasteiger partial charge on any atom is -0.337 e. The van der Waals surface area contributed by atoms with E-state index >= 15 is 0 Å². The molecule has 7 heteroatoms. The molecule has 1 atom stereocenters. The number of thiazole rings is 1. The van der Waals surface area contributed by atoms with Gasteiger partial charge in [-0.25, -0.2) is 4.98 Å². The third-order valence-electron chi connectivity index (χ3n) is 4.09. The third-order valence-corrected chi connectivity index (χ3v) is 6.13. The normalized spacial score (nSPS) is 15.1. The lowest BCUT2D eigenvalue weighted by atomic mass is 10.0. The van der Waals surface area contributed by atoms with Gasteiger partial charge in [-0.1, -0.05) is 13.8 Å². The zero-order chi connectivity index (χ0) is 16.6. The number of carbonyl (C=O) groups is 1. The van der Waals surface area contributed by atoms with Crippen molar-refractivity contribution >= 4 is 41.0 Å². The summed E-state index contributed by atoms with van der Waals surface area (Å²) in [5.74, 6) is 0.525. The molecular formula is C17H24ClN3OS2. The number of halogens is 1. The van der Waals surface area contributed by atoms with E-state index in [4.69, 9.17) is 5.73 Å². The molecule has 0 aliphatic carbocycles. The number of rotatable bonds is 4. The number of hydrogen-bond donors (Lipinski definition) is 1. The second kappa shape index (κ2) is 7.95. The van der Waals surface area contributed by atoms with Gasteiger partial charge >= 0.3 is 0 Å². The highest BCUT2D eigenvalue weighted by molar-refractivity contribution is 7.16. The van der Waals surface area contributed by atoms with E-state index in [9.17, 15) is 4.79 Å². The first kappa shape index (κ1) is 19.4. The van der Waals surface area contributed by atoms with E-state index < -0.39 is 0 Å². The van der Waals surface area contributed by atoms with Gasteiger partial charge < -0.3 is 10.6 Å². The fourth-order valence-electron chi connectivity index (χ4n) is 2.97. The van der Waals surface area contributed by atoms with Crippen molar-refractivity contribution < 1.29 is 4.79 Å². The second-order valence-corrected chi connectivity index (χ2v) is 8.76. The van der Waals surface area contributed by atoms with Gasteiger partial charge in [0.2, 0.25) is 5.91 Å². The zero-order valence-corrected chi connectivity index (χ0v) is 16.7. The molecule has 2 aromatic heterocycles. The first-order valence-corrected chi connectivity index (χ1v) is 9.72. The Morgan fingerprint density at radius 1 is 1.46 bits per heavy atom. The topological polar surface area (TPSA) is 59.2 Å². The lowest BCUT2D eigenvalue weighted by Crippen LogP contribution is -2.46. The summed E-state index contributed by atoms with van der Waals surface area (Å²) in [6.07, 6.45) is 1.67. The molecule has 0 unspecified atom stereocenters. The van der Waals surface area contributed by atoms with Crippen LogP contribution in [0.3, 0.4) is 0 Å². The van der Waals surface area contributed by atoms with Gasteiger partial charge in [-0.2, -0.15) is 0 Å². The highest BCUT2D eigenvalue weighted by Gasteiger charge is 2.27. The van der Waals surface area contributed by atoms with Crippen molar-refractivity contribution in [1.82, 2.24) is 9.88 Å². The Morgan fingerprint density at radius 2 is 2.21 bits per heavy atom. The van der Waals surface area contributed by atoms with E-state index in [2.05, 4.69) is 30.3 Å². The molecule has 0 saturated heterocycles. The summed E-state index contributed by atoms with van der Waals surface area (Å²) in [6.45, 7) is 7.68. The standard InChI is InChI=1S/C17H23N3OS2.ClH/c1-10(2)6-13(18)17(21)20-5-4-15-12(8-20)7-16(23-15)14-9-22-11(3)19-14;/h7,9-10,13H,4-6,8,18H2,1-3H3;1H/t13-;/m0./s1. The van der Waals surface area contributed by atoms with E-state index in [0.29, 0.717) is 12.5 Å². The number of carbonyl (C=O) groups excluding carboxylic acids is 1. The van der Waals surface area contributed by atoms with Crippen LogP contribution in [0.1, 0.15) is 35.7 Å². The van der Waals surface area contributed by atoms with Gasteiger partial charge in [-0.05, 0) is 37.3 Å². The molecule has 0 bridgehead atoms. The summed E-state index contributed by atoms with van der Waals surface area (Å²) in [6, 6.07) is 1.82. The predicted octanol–water partition coefficient (Wildman–Crippen LogP) is 3.86. The molecule has 0 aromatic carbocycles. The number of thiophene rings is 1. The van der Waals surface area contributed by atoms with Crippen molar-refractivity contribution in [2.75, 3.05) is 6.54 Å². The minimum absolute atomic E-state index is 0. The van der Waals surface area contributed by atoms with Crippen LogP contribution in [0.15, 0.2) is 11.4 Å². The van der Waals surface area contributed by atoms with Gasteiger partial charge in [-0.15, -0.1) is 35.1 Å². The van der Waals surface area contributed by atoms with E-state index in [1.54, 1.807) is 11.3 Å². The van der Waals surface area contributed by atoms with Crippen LogP contribution in [0.4, 0.5) is 0 Å². The summed E-state index contributed by atoms with van der Waals surface area (Å²) >= 11 is 3.48. The molecule has 0 saturated carbocycles. The van der Waals surface area contributed by atoms with Crippen molar-refractivity contribution in [3.05, 3.63) is 26.9 Å². The summed E-state index contributed by atoms with van der Waals surface area (Å²) in [5.41, 5.74) is 8.38. The smallest absolute Gasteiger partial charge is 0.239 e. The second-order valence-electron chi connectivity index (χ2n) is 6.56. The van der Waals surface area contributed by atoms with Crippen LogP contribution in [0, 0.1) is 12.8 Å². The van der Waals surface area contributed by atoms with Crippen LogP contribution in [0.5, 0.6) is 0 Å². The monoisotopic (exact) mass is 385 g/mol. The van der Waals surface area contributed by atoms with Crippen molar-refractivity contribution in [2.24, 2.45) is 11.7 Å². The molecule has 0 radical (unpaired) electrons. The summed E-state index contributed by atoms with van der Waals surface area (Å²) < 4.78 is 0. The Labute approximate surface area is 157 Å². The Kier molecular flexibility index (Phi) is 6.42. The Hall–Kier alpha value is -0.950. The van der Waals surface area contributed by atoms with E-state index in [1.807, 2.05) is 23.2 Å². The maximum absolute atomic E-state index is 12.5. The average molecular weight is 386 g/mol. The minimum atomic E-state index is -0.379. The molecular weight excluding hydrogens is 362 g/mol. The van der Waals surface area contributed by atoms with Crippen LogP contribution in [-0.4, -0.2) is 28.4 Å². The van der Waals surface area contributed by atoms with Crippen LogP contribution in [-0.2, 0) is 17.8 Å². The lowest BCUT2D eigenvalue weighted by Gasteiger charge is -2.29. The molecule has 1 aliphatic rings. The maximum Gasteiger partial charge on any atom is 0.239 e. The predicted molar refractivity (Wildman–Crippen MR) is 104 cm³/mol. The highest BCUT2D eigenvalue weighted by Crippen LogP contribution is 2.35. The first-order valence-electron chi connectivity index (χ1n) is 8.02. The van der Waals surface area contributed by atoms with Crippen molar-refractivity contribution in [3.63, 3.8) is 0 Å². The Morgan fingerprint density at radius 3 is 2.83 bits per heavy atom. The largest absolute Gasteiger partial charge is 0.337 e. The first-order chi connectivity index (χ1) is 10.9. The molecule has 2 aromatic rings. The molecule has 3 rings (SSSR count). The van der Waals surface area contributed by atoms with E-state index in [0.717, 1.165) is 30.1 Å². The fourth-order valence-corrected chi connectivity index (χ4v) is 4.78. The lowest BCUT2D eigenvalue weighted by molar-refractivity contribution is -0.133. The molecule has 132 valence electrons. The number of aryl methyl sites for hydroxylation is 1. The molecule has 0 spiro atoms. The van der Waals surface area contributed by atoms with Gasteiger partial charge in [0.25, 0.3) is 0 Å². The third kappa shape index (κ3) is 4.17. The van der Waals surface area contributed by atoms with Crippen LogP contribution in [0.2, 0.25) is 0 Å². The molecule has 24 heavy (non-hydrogen) atoms. The summed E-state index contributed by atoms with van der Waals surface area (Å²) in [4.78, 5) is 21.6. The zero-order valence-electron chi connectivity index (χ0n) is 14.2. The van der Waals surface area contributed by atoms with Gasteiger partial charge in [0, 0.05) is 23.3 Å². The van der Waals surface area contributed by atoms with Gasteiger partial charge in [0.1, 0.15) is 0 Å². The van der Waals surface area contributed by atoms with Crippen LogP contribution >= 0.6 is 35.1 Å². The number of aromatic nitrogens is 1. The summed E-state index contributed by atoms with van der Waals surface area (Å²) in [7, 11) is 0. The fraction of sp³-hybridized carbons (Fsp3) is 0.529. The van der Waals surface area contributed by atoms with Crippen molar-refractivity contribution in [1.29, 1.82) is 0 Å². The van der Waals surface area contributed by atoms with Crippen molar-refractivity contribution in [3.8, 4) is 10.6 Å². The summed E-state index contributed by atoms with van der Waals surface area (Å²) in [5, 5.41) is 3.19. The molecule has 1 aliphatic heterocycles. The average Bonchev–Trinajstić information content (AvgIpc) is 3.10. The van der Waals surface area contributed by atoms with Gasteiger partial charge in [0.15, 0.2) is 0 Å². The van der Waals surface area contributed by atoms with E-state index in [-0.39, 0.29) is 24.4 Å². The molecule has 1 amide bonds. The molecule has 4 nitrogen and oxygen atoms in total. The number of hydrogen-bond acceptors (Lipinski definition) is 5. The molecule has 3 heterocycles. The SMILES string of the molecule is Cc1nc(-c2cc3c(s2)CCN(C(=O)[C@@H](N)CC(C)C)C3)cs1.Cl. The highest BCUT2D eigenvalue weighted by atomic mass is 35.5. The van der Waals surface area contributed by atoms with Crippen molar-refractivity contribution in [2.45, 2.75) is 46.2 Å². The van der Waals surface area contributed by atoms with Gasteiger partial charge in [0.05, 0.1) is 21.6 Å². The van der Waals surface area contributed by atoms with Gasteiger partial charge in [-0.3, -0.25) is 4.79 Å². The molecule has 2 N–H and O–H groups in total. The van der Waals surface area contributed by atoms with E-state index in [1.165, 1.54) is 15.3 Å². The van der Waals surface area contributed by atoms with Crippen LogP contribution in [0.25, 0.3) is 10.6 Å². The number of nitrogens with zero attached hydrogens (tertiary/aromatic N) is 2. The number of nitrogens with two attached hydrogens (primary N) is 1. The quantitative estimate of drug-likeness (QED) is 0.869. The number of amides is 1. The Bertz CT molecular complexity index is 711. The Balaban J connectivity index is 0.00000208. The molecule has 0 fully saturated rings. The number of fused-ring (bicyclic) bond motifs is 1.